The summed E-state index contributed by atoms with van der Waals surface area (Å²) in [4.78, 5) is 23.3. The van der Waals surface area contributed by atoms with Crippen LogP contribution in [-0.4, -0.2) is 54.5 Å². The molecule has 0 saturated carbocycles. The third-order valence-electron chi connectivity index (χ3n) is 4.44. The zero-order chi connectivity index (χ0) is 21.9. The minimum atomic E-state index is -4.22. The van der Waals surface area contributed by atoms with E-state index < -0.39 is 44.3 Å². The second kappa shape index (κ2) is 9.10. The monoisotopic (exact) mass is 460 g/mol. The lowest BCUT2D eigenvalue weighted by molar-refractivity contribution is -0.120. The molecule has 13 heteroatoms. The van der Waals surface area contributed by atoms with Crippen molar-refractivity contribution in [3.63, 3.8) is 0 Å². The first-order valence-electron chi connectivity index (χ1n) is 8.99. The molecular weight excluding hydrogens is 442 g/mol. The van der Waals surface area contributed by atoms with Gasteiger partial charge < -0.3 is 10.1 Å². The van der Waals surface area contributed by atoms with Gasteiger partial charge >= 0.3 is 5.97 Å². The van der Waals surface area contributed by atoms with Crippen LogP contribution in [0.4, 0.5) is 13.9 Å². The van der Waals surface area contributed by atoms with E-state index in [2.05, 4.69) is 15.5 Å². The van der Waals surface area contributed by atoms with Crippen molar-refractivity contribution in [1.82, 2.24) is 14.5 Å². The number of halogens is 2. The normalized spacial score (nSPS) is 15.7. The standard InChI is InChI=1S/C17H18F2N4O5S2/c1-2-28-16(25)15-21-22-17(29-15)20-14(24)10-5-7-23(8-6-10)30(26,27)13-9-11(18)3-4-12(13)19/h3-4,9-10H,2,5-8H2,1H3,(H,20,22,24). The molecule has 1 aromatic carbocycles. The molecule has 0 bridgehead atoms. The van der Waals surface area contributed by atoms with Crippen molar-refractivity contribution in [2.45, 2.75) is 24.7 Å². The molecule has 3 rings (SSSR count). The highest BCUT2D eigenvalue weighted by molar-refractivity contribution is 7.89. The van der Waals surface area contributed by atoms with Gasteiger partial charge in [0, 0.05) is 19.0 Å². The number of carbonyl (C=O) groups is 2. The first kappa shape index (κ1) is 22.2. The zero-order valence-electron chi connectivity index (χ0n) is 15.8. The van der Waals surface area contributed by atoms with Gasteiger partial charge in [-0.15, -0.1) is 10.2 Å². The molecule has 1 aliphatic rings. The highest BCUT2D eigenvalue weighted by Gasteiger charge is 2.34. The molecule has 2 heterocycles. The van der Waals surface area contributed by atoms with Crippen molar-refractivity contribution in [3.05, 3.63) is 34.8 Å². The fourth-order valence-electron chi connectivity index (χ4n) is 2.93. The predicted molar refractivity (Wildman–Crippen MR) is 102 cm³/mol. The third-order valence-corrected chi connectivity index (χ3v) is 7.17. The Morgan fingerprint density at radius 2 is 1.97 bits per heavy atom. The van der Waals surface area contributed by atoms with Crippen molar-refractivity contribution in [3.8, 4) is 0 Å². The number of rotatable bonds is 6. The maximum atomic E-state index is 13.9. The van der Waals surface area contributed by atoms with Crippen molar-refractivity contribution in [2.75, 3.05) is 25.0 Å². The van der Waals surface area contributed by atoms with Crippen LogP contribution in [0.25, 0.3) is 0 Å². The van der Waals surface area contributed by atoms with Crippen LogP contribution in [-0.2, 0) is 19.6 Å². The largest absolute Gasteiger partial charge is 0.461 e. The number of carbonyl (C=O) groups excluding carboxylic acids is 2. The molecule has 9 nitrogen and oxygen atoms in total. The lowest BCUT2D eigenvalue weighted by atomic mass is 9.97. The molecule has 162 valence electrons. The average molecular weight is 460 g/mol. The van der Waals surface area contributed by atoms with Gasteiger partial charge in [-0.3, -0.25) is 4.79 Å². The van der Waals surface area contributed by atoms with Gasteiger partial charge in [0.25, 0.3) is 0 Å². The number of benzene rings is 1. The number of hydrogen-bond acceptors (Lipinski definition) is 8. The van der Waals surface area contributed by atoms with Gasteiger partial charge in [-0.25, -0.2) is 22.0 Å². The van der Waals surface area contributed by atoms with E-state index in [1.165, 1.54) is 0 Å². The Hall–Kier alpha value is -2.51. The summed E-state index contributed by atoms with van der Waals surface area (Å²) in [6.45, 7) is 1.78. The summed E-state index contributed by atoms with van der Waals surface area (Å²) < 4.78 is 58.3. The van der Waals surface area contributed by atoms with Crippen LogP contribution in [0.3, 0.4) is 0 Å². The Bertz CT molecular complexity index is 1050. The van der Waals surface area contributed by atoms with Crippen LogP contribution in [0.5, 0.6) is 0 Å². The van der Waals surface area contributed by atoms with Crippen LogP contribution in [0.15, 0.2) is 23.1 Å². The molecule has 0 radical (unpaired) electrons. The number of piperidine rings is 1. The zero-order valence-corrected chi connectivity index (χ0v) is 17.4. The first-order valence-corrected chi connectivity index (χ1v) is 11.2. The smallest absolute Gasteiger partial charge is 0.369 e. The summed E-state index contributed by atoms with van der Waals surface area (Å²) in [6.07, 6.45) is 0.372. The van der Waals surface area contributed by atoms with E-state index in [0.717, 1.165) is 27.8 Å². The van der Waals surface area contributed by atoms with Gasteiger partial charge in [-0.2, -0.15) is 4.31 Å². The summed E-state index contributed by atoms with van der Waals surface area (Å²) in [5.41, 5.74) is 0. The number of nitrogens with one attached hydrogen (secondary N) is 1. The maximum absolute atomic E-state index is 13.9. The van der Waals surface area contributed by atoms with Gasteiger partial charge in [0.1, 0.15) is 16.5 Å². The van der Waals surface area contributed by atoms with Crippen LogP contribution in [0.2, 0.25) is 0 Å². The minimum Gasteiger partial charge on any atom is -0.461 e. The van der Waals surface area contributed by atoms with E-state index in [4.69, 9.17) is 4.74 Å². The van der Waals surface area contributed by atoms with Crippen LogP contribution in [0, 0.1) is 17.6 Å². The highest BCUT2D eigenvalue weighted by atomic mass is 32.2. The van der Waals surface area contributed by atoms with E-state index in [9.17, 15) is 26.8 Å². The van der Waals surface area contributed by atoms with E-state index in [-0.39, 0.29) is 42.7 Å². The van der Waals surface area contributed by atoms with Crippen LogP contribution < -0.4 is 5.32 Å². The lowest BCUT2D eigenvalue weighted by Gasteiger charge is -2.30. The fraction of sp³-hybridized carbons (Fsp3) is 0.412. The molecule has 1 fully saturated rings. The number of nitrogens with zero attached hydrogens (tertiary/aromatic N) is 3. The minimum absolute atomic E-state index is 0.00480. The van der Waals surface area contributed by atoms with Crippen LogP contribution in [0.1, 0.15) is 29.6 Å². The molecule has 0 aliphatic carbocycles. The maximum Gasteiger partial charge on any atom is 0.369 e. The second-order valence-corrected chi connectivity index (χ2v) is 9.26. The number of anilines is 1. The van der Waals surface area contributed by atoms with Gasteiger partial charge in [-0.05, 0) is 38.0 Å². The molecule has 1 amide bonds. The summed E-state index contributed by atoms with van der Waals surface area (Å²) in [7, 11) is -4.22. The number of hydrogen-bond donors (Lipinski definition) is 1. The molecular formula is C17H18F2N4O5S2. The molecule has 1 N–H and O–H groups in total. The number of esters is 1. The average Bonchev–Trinajstić information content (AvgIpc) is 3.18. The molecule has 2 aromatic rings. The van der Waals surface area contributed by atoms with E-state index in [1.807, 2.05) is 0 Å². The number of aromatic nitrogens is 2. The second-order valence-electron chi connectivity index (χ2n) is 6.38. The number of ether oxygens (including phenoxy) is 1. The van der Waals surface area contributed by atoms with E-state index >= 15 is 0 Å². The molecule has 0 atom stereocenters. The lowest BCUT2D eigenvalue weighted by Crippen LogP contribution is -2.41. The SMILES string of the molecule is CCOC(=O)c1nnc(NC(=O)C2CCN(S(=O)(=O)c3cc(F)ccc3F)CC2)s1. The Kier molecular flexibility index (Phi) is 6.73. The molecule has 1 aliphatic heterocycles. The molecule has 1 aromatic heterocycles. The fourth-order valence-corrected chi connectivity index (χ4v) is 5.11. The molecule has 1 saturated heterocycles. The Balaban J connectivity index is 1.60. The quantitative estimate of drug-likeness (QED) is 0.655. The Morgan fingerprint density at radius 3 is 2.63 bits per heavy atom. The van der Waals surface area contributed by atoms with Gasteiger partial charge in [0.05, 0.1) is 6.61 Å². The van der Waals surface area contributed by atoms with Crippen molar-refractivity contribution in [2.24, 2.45) is 5.92 Å². The third kappa shape index (κ3) is 4.79. The Morgan fingerprint density at radius 1 is 1.27 bits per heavy atom. The van der Waals surface area contributed by atoms with Gasteiger partial charge in [-0.1, -0.05) is 11.3 Å². The van der Waals surface area contributed by atoms with Crippen molar-refractivity contribution in [1.29, 1.82) is 0 Å². The topological polar surface area (TPSA) is 119 Å². The van der Waals surface area contributed by atoms with Gasteiger partial charge in [0.15, 0.2) is 0 Å². The predicted octanol–water partition coefficient (Wildman–Crippen LogP) is 2.03. The number of sulfonamides is 1. The summed E-state index contributed by atoms with van der Waals surface area (Å²) in [5.74, 6) is -3.44. The highest BCUT2D eigenvalue weighted by Crippen LogP contribution is 2.27. The first-order chi connectivity index (χ1) is 14.2. The number of amides is 1. The van der Waals surface area contributed by atoms with Crippen LogP contribution >= 0.6 is 11.3 Å². The van der Waals surface area contributed by atoms with Gasteiger partial charge in [0.2, 0.25) is 26.1 Å². The van der Waals surface area contributed by atoms with E-state index in [1.54, 1.807) is 6.92 Å². The Labute approximate surface area is 175 Å². The van der Waals surface area contributed by atoms with E-state index in [0.29, 0.717) is 6.07 Å². The van der Waals surface area contributed by atoms with Crippen molar-refractivity contribution < 1.29 is 31.5 Å². The summed E-state index contributed by atoms with van der Waals surface area (Å²) in [6, 6.07) is 2.24. The molecule has 30 heavy (non-hydrogen) atoms. The summed E-state index contributed by atoms with van der Waals surface area (Å²) in [5, 5.41) is 10.1. The molecule has 0 unspecified atom stereocenters. The van der Waals surface area contributed by atoms with Crippen molar-refractivity contribution >= 4 is 38.4 Å². The molecule has 0 spiro atoms. The summed E-state index contributed by atoms with van der Waals surface area (Å²) >= 11 is 0.866.